The molecule has 3 aromatic rings. The van der Waals surface area contributed by atoms with Gasteiger partial charge in [-0.05, 0) is 43.2 Å². The lowest BCUT2D eigenvalue weighted by Crippen LogP contribution is -2.14. The van der Waals surface area contributed by atoms with E-state index in [0.717, 1.165) is 29.1 Å². The molecule has 28 heavy (non-hydrogen) atoms. The number of carbonyl (C=O) groups is 1. The van der Waals surface area contributed by atoms with E-state index in [4.69, 9.17) is 21.1 Å². The van der Waals surface area contributed by atoms with Crippen LogP contribution in [0.4, 0.5) is 0 Å². The number of aryl methyl sites for hydroxylation is 1. The molecule has 0 aliphatic rings. The van der Waals surface area contributed by atoms with Gasteiger partial charge >= 0.3 is 0 Å². The standard InChI is InChI=1S/C23H24ClNO3/c1-16-13-20(17(2)25(16)11-12-27-3)22(26)15-28-23-10-9-19(14-21(23)24)18-7-5-4-6-8-18/h4-10,13-14H,11-12,15H2,1-3H3. The van der Waals surface area contributed by atoms with E-state index in [1.165, 1.54) is 0 Å². The highest BCUT2D eigenvalue weighted by atomic mass is 35.5. The van der Waals surface area contributed by atoms with Crippen LogP contribution in [0.25, 0.3) is 11.1 Å². The number of carbonyl (C=O) groups excluding carboxylic acids is 1. The van der Waals surface area contributed by atoms with E-state index in [1.807, 2.05) is 62.4 Å². The van der Waals surface area contributed by atoms with Crippen LogP contribution >= 0.6 is 11.6 Å². The summed E-state index contributed by atoms with van der Waals surface area (Å²) in [5, 5.41) is 0.486. The quantitative estimate of drug-likeness (QED) is 0.482. The summed E-state index contributed by atoms with van der Waals surface area (Å²) in [4.78, 5) is 12.7. The fourth-order valence-electron chi connectivity index (χ4n) is 3.26. The third-order valence-electron chi connectivity index (χ3n) is 4.79. The molecule has 146 valence electrons. The molecule has 0 fully saturated rings. The molecule has 0 saturated heterocycles. The third kappa shape index (κ3) is 4.46. The van der Waals surface area contributed by atoms with Gasteiger partial charge in [0.05, 0.1) is 11.6 Å². The highest BCUT2D eigenvalue weighted by Crippen LogP contribution is 2.30. The lowest BCUT2D eigenvalue weighted by molar-refractivity contribution is 0.0920. The SMILES string of the molecule is COCCn1c(C)cc(C(=O)COc2ccc(-c3ccccc3)cc2Cl)c1C. The number of methoxy groups -OCH3 is 1. The van der Waals surface area contributed by atoms with Gasteiger partial charge in [-0.25, -0.2) is 0 Å². The highest BCUT2D eigenvalue weighted by Gasteiger charge is 2.17. The molecule has 0 bridgehead atoms. The summed E-state index contributed by atoms with van der Waals surface area (Å²) >= 11 is 6.37. The Balaban J connectivity index is 1.70. The van der Waals surface area contributed by atoms with Crippen LogP contribution in [-0.4, -0.2) is 30.7 Å². The molecule has 0 saturated carbocycles. The average molecular weight is 398 g/mol. The first-order valence-corrected chi connectivity index (χ1v) is 9.55. The fourth-order valence-corrected chi connectivity index (χ4v) is 3.49. The Morgan fingerprint density at radius 3 is 2.46 bits per heavy atom. The Bertz CT molecular complexity index is 963. The number of Topliss-reactive ketones (excluding diaryl/α,β-unsaturated/α-hetero) is 1. The van der Waals surface area contributed by atoms with Crippen LogP contribution in [0.15, 0.2) is 54.6 Å². The maximum atomic E-state index is 12.7. The van der Waals surface area contributed by atoms with Crippen molar-refractivity contribution >= 4 is 17.4 Å². The molecule has 1 aromatic heterocycles. The van der Waals surface area contributed by atoms with E-state index in [2.05, 4.69) is 4.57 Å². The number of halogens is 1. The van der Waals surface area contributed by atoms with Crippen molar-refractivity contribution in [2.24, 2.45) is 0 Å². The average Bonchev–Trinajstić information content (AvgIpc) is 2.99. The smallest absolute Gasteiger partial charge is 0.202 e. The molecule has 0 spiro atoms. The normalized spacial score (nSPS) is 10.9. The minimum atomic E-state index is -0.0695. The first-order chi connectivity index (χ1) is 13.5. The van der Waals surface area contributed by atoms with E-state index in [-0.39, 0.29) is 12.4 Å². The van der Waals surface area contributed by atoms with Crippen molar-refractivity contribution in [3.8, 4) is 16.9 Å². The minimum absolute atomic E-state index is 0.0566. The van der Waals surface area contributed by atoms with Crippen molar-refractivity contribution in [2.75, 3.05) is 20.3 Å². The Hall–Kier alpha value is -2.56. The van der Waals surface area contributed by atoms with Crippen molar-refractivity contribution < 1.29 is 14.3 Å². The molecule has 0 aliphatic carbocycles. The molecule has 0 aliphatic heterocycles. The van der Waals surface area contributed by atoms with Crippen molar-refractivity contribution in [3.05, 3.63) is 76.6 Å². The predicted molar refractivity (Wildman–Crippen MR) is 112 cm³/mol. The molecule has 0 unspecified atom stereocenters. The maximum Gasteiger partial charge on any atom is 0.202 e. The number of rotatable bonds is 8. The highest BCUT2D eigenvalue weighted by molar-refractivity contribution is 6.32. The number of benzene rings is 2. The van der Waals surface area contributed by atoms with Crippen LogP contribution in [0, 0.1) is 13.8 Å². The molecule has 5 heteroatoms. The Labute approximate surface area is 170 Å². The van der Waals surface area contributed by atoms with Gasteiger partial charge in [0.2, 0.25) is 5.78 Å². The van der Waals surface area contributed by atoms with Gasteiger partial charge in [0.1, 0.15) is 5.75 Å². The molecular weight excluding hydrogens is 374 g/mol. The molecule has 0 atom stereocenters. The van der Waals surface area contributed by atoms with Gasteiger partial charge in [-0.3, -0.25) is 4.79 Å². The van der Waals surface area contributed by atoms with Crippen LogP contribution in [0.1, 0.15) is 21.7 Å². The zero-order valence-electron chi connectivity index (χ0n) is 16.4. The number of ether oxygens (including phenoxy) is 2. The van der Waals surface area contributed by atoms with Gasteiger partial charge in [-0.2, -0.15) is 0 Å². The van der Waals surface area contributed by atoms with E-state index < -0.39 is 0 Å². The number of aromatic nitrogens is 1. The van der Waals surface area contributed by atoms with E-state index >= 15 is 0 Å². The van der Waals surface area contributed by atoms with Gasteiger partial charge in [0.15, 0.2) is 6.61 Å². The summed E-state index contributed by atoms with van der Waals surface area (Å²) in [6, 6.07) is 17.5. The second-order valence-corrected chi connectivity index (χ2v) is 7.06. The zero-order valence-corrected chi connectivity index (χ0v) is 17.1. The largest absolute Gasteiger partial charge is 0.484 e. The summed E-state index contributed by atoms with van der Waals surface area (Å²) in [7, 11) is 1.67. The Kier molecular flexibility index (Phi) is 6.55. The fraction of sp³-hybridized carbons (Fsp3) is 0.261. The van der Waals surface area contributed by atoms with Crippen molar-refractivity contribution in [1.82, 2.24) is 4.57 Å². The van der Waals surface area contributed by atoms with Crippen molar-refractivity contribution in [3.63, 3.8) is 0 Å². The van der Waals surface area contributed by atoms with Gasteiger partial charge in [-0.1, -0.05) is 48.0 Å². The van der Waals surface area contributed by atoms with Crippen molar-refractivity contribution in [1.29, 1.82) is 0 Å². The van der Waals surface area contributed by atoms with E-state index in [9.17, 15) is 4.79 Å². The molecule has 0 N–H and O–H groups in total. The van der Waals surface area contributed by atoms with E-state index in [0.29, 0.717) is 22.9 Å². The second kappa shape index (κ2) is 9.09. The number of ketones is 1. The summed E-state index contributed by atoms with van der Waals surface area (Å²) in [6.07, 6.45) is 0. The lowest BCUT2D eigenvalue weighted by Gasteiger charge is -2.10. The number of nitrogens with zero attached hydrogens (tertiary/aromatic N) is 1. The van der Waals surface area contributed by atoms with Crippen LogP contribution in [-0.2, 0) is 11.3 Å². The van der Waals surface area contributed by atoms with Gasteiger partial charge < -0.3 is 14.0 Å². The number of hydrogen-bond acceptors (Lipinski definition) is 3. The van der Waals surface area contributed by atoms with Crippen LogP contribution < -0.4 is 4.74 Å². The second-order valence-electron chi connectivity index (χ2n) is 6.65. The maximum absolute atomic E-state index is 12.7. The summed E-state index contributed by atoms with van der Waals surface area (Å²) in [5.74, 6) is 0.433. The summed E-state index contributed by atoms with van der Waals surface area (Å²) in [5.41, 5.74) is 4.71. The Morgan fingerprint density at radius 2 is 1.79 bits per heavy atom. The third-order valence-corrected chi connectivity index (χ3v) is 5.09. The molecule has 2 aromatic carbocycles. The van der Waals surface area contributed by atoms with E-state index in [1.54, 1.807) is 13.2 Å². The van der Waals surface area contributed by atoms with Gasteiger partial charge in [-0.15, -0.1) is 0 Å². The monoisotopic (exact) mass is 397 g/mol. The van der Waals surface area contributed by atoms with Gasteiger partial charge in [0.25, 0.3) is 0 Å². The van der Waals surface area contributed by atoms with Crippen LogP contribution in [0.2, 0.25) is 5.02 Å². The molecule has 4 nitrogen and oxygen atoms in total. The first-order valence-electron chi connectivity index (χ1n) is 9.18. The molecule has 3 rings (SSSR count). The lowest BCUT2D eigenvalue weighted by atomic mass is 10.1. The topological polar surface area (TPSA) is 40.5 Å². The molecule has 0 amide bonds. The zero-order chi connectivity index (χ0) is 20.1. The molecule has 0 radical (unpaired) electrons. The Morgan fingerprint density at radius 1 is 1.04 bits per heavy atom. The molecule has 1 heterocycles. The number of hydrogen-bond donors (Lipinski definition) is 0. The predicted octanol–water partition coefficient (Wildman–Crippen LogP) is 5.33. The molecular formula is C23H24ClNO3. The minimum Gasteiger partial charge on any atom is -0.484 e. The summed E-state index contributed by atoms with van der Waals surface area (Å²) < 4.78 is 12.9. The van der Waals surface area contributed by atoms with Crippen molar-refractivity contribution in [2.45, 2.75) is 20.4 Å². The van der Waals surface area contributed by atoms with Crippen LogP contribution in [0.3, 0.4) is 0 Å². The van der Waals surface area contributed by atoms with Crippen LogP contribution in [0.5, 0.6) is 5.75 Å². The van der Waals surface area contributed by atoms with Gasteiger partial charge in [0, 0.05) is 30.6 Å². The first kappa shape index (κ1) is 20.2. The summed E-state index contributed by atoms with van der Waals surface area (Å²) in [6.45, 7) is 5.19.